The van der Waals surface area contributed by atoms with Crippen LogP contribution in [0.3, 0.4) is 0 Å². The highest BCUT2D eigenvalue weighted by Crippen LogP contribution is 2.40. The Bertz CT molecular complexity index is 249. The van der Waals surface area contributed by atoms with Crippen molar-refractivity contribution >= 4 is 5.97 Å². The first-order chi connectivity index (χ1) is 6.56. The molecule has 2 nitrogen and oxygen atoms in total. The maximum absolute atomic E-state index is 11.2. The van der Waals surface area contributed by atoms with E-state index in [-0.39, 0.29) is 5.97 Å². The molecule has 2 atom stereocenters. The van der Waals surface area contributed by atoms with Crippen LogP contribution in [0.25, 0.3) is 0 Å². The molecule has 0 heterocycles. The largest absolute Gasteiger partial charge is 0.469 e. The lowest BCUT2D eigenvalue weighted by atomic mass is 9.89. The van der Waals surface area contributed by atoms with Crippen LogP contribution in [0.4, 0.5) is 0 Å². The molecule has 2 heteroatoms. The van der Waals surface area contributed by atoms with Crippen LogP contribution in [0.15, 0.2) is 11.1 Å². The van der Waals surface area contributed by atoms with Crippen LogP contribution in [0.5, 0.6) is 0 Å². The maximum Gasteiger partial charge on any atom is 0.306 e. The van der Waals surface area contributed by atoms with Gasteiger partial charge in [0.25, 0.3) is 0 Å². The second-order valence-corrected chi connectivity index (χ2v) is 4.43. The van der Waals surface area contributed by atoms with Crippen molar-refractivity contribution in [1.29, 1.82) is 0 Å². The van der Waals surface area contributed by atoms with Gasteiger partial charge in [-0.15, -0.1) is 0 Å². The van der Waals surface area contributed by atoms with Crippen molar-refractivity contribution < 1.29 is 9.53 Å². The fourth-order valence-electron chi connectivity index (χ4n) is 2.32. The average molecular weight is 196 g/mol. The van der Waals surface area contributed by atoms with E-state index in [4.69, 9.17) is 4.74 Å². The van der Waals surface area contributed by atoms with Gasteiger partial charge in [0.15, 0.2) is 0 Å². The molecule has 2 unspecified atom stereocenters. The molecule has 1 fully saturated rings. The summed E-state index contributed by atoms with van der Waals surface area (Å²) in [6.45, 7) is 6.50. The summed E-state index contributed by atoms with van der Waals surface area (Å²) in [5.74, 6) is 0.967. The highest BCUT2D eigenvalue weighted by molar-refractivity contribution is 5.70. The zero-order valence-corrected chi connectivity index (χ0v) is 9.59. The minimum absolute atomic E-state index is 0.0810. The van der Waals surface area contributed by atoms with Crippen LogP contribution >= 0.6 is 0 Å². The molecular formula is C12H20O2. The van der Waals surface area contributed by atoms with Crippen LogP contribution in [-0.4, -0.2) is 13.1 Å². The lowest BCUT2D eigenvalue weighted by Crippen LogP contribution is -2.14. The summed E-state index contributed by atoms with van der Waals surface area (Å²) in [5.41, 5.74) is 2.85. The molecule has 0 aromatic rings. The zero-order valence-electron chi connectivity index (χ0n) is 9.59. The molecule has 0 saturated heterocycles. The van der Waals surface area contributed by atoms with Crippen molar-refractivity contribution in [3.05, 3.63) is 11.1 Å². The number of methoxy groups -OCH3 is 1. The van der Waals surface area contributed by atoms with E-state index in [9.17, 15) is 4.79 Å². The lowest BCUT2D eigenvalue weighted by molar-refractivity contribution is -0.141. The number of carbonyl (C=O) groups excluding carboxylic acids is 1. The van der Waals surface area contributed by atoms with Gasteiger partial charge in [-0.05, 0) is 38.5 Å². The minimum atomic E-state index is -0.0810. The van der Waals surface area contributed by atoms with E-state index in [1.54, 1.807) is 0 Å². The van der Waals surface area contributed by atoms with Gasteiger partial charge in [-0.3, -0.25) is 4.79 Å². The minimum Gasteiger partial charge on any atom is -0.469 e. The Morgan fingerprint density at radius 2 is 2.14 bits per heavy atom. The van der Waals surface area contributed by atoms with Crippen molar-refractivity contribution in [3.8, 4) is 0 Å². The molecule has 14 heavy (non-hydrogen) atoms. The number of rotatable bonds is 2. The second kappa shape index (κ2) is 4.63. The number of ether oxygens (including phenoxy) is 1. The Kier molecular flexibility index (Phi) is 3.73. The Hall–Kier alpha value is -0.790. The summed E-state index contributed by atoms with van der Waals surface area (Å²) in [6, 6.07) is 0. The predicted octanol–water partition coefficient (Wildman–Crippen LogP) is 2.93. The van der Waals surface area contributed by atoms with Gasteiger partial charge in [-0.25, -0.2) is 0 Å². The van der Waals surface area contributed by atoms with E-state index in [0.29, 0.717) is 18.3 Å². The van der Waals surface area contributed by atoms with Crippen LogP contribution in [0, 0.1) is 11.8 Å². The first-order valence-corrected chi connectivity index (χ1v) is 5.29. The summed E-state index contributed by atoms with van der Waals surface area (Å²) in [7, 11) is 1.46. The van der Waals surface area contributed by atoms with Gasteiger partial charge in [-0.1, -0.05) is 18.1 Å². The molecule has 1 rings (SSSR count). The molecule has 0 aromatic carbocycles. The molecule has 0 radical (unpaired) electrons. The third kappa shape index (κ3) is 2.37. The molecule has 0 amide bonds. The Morgan fingerprint density at radius 1 is 1.50 bits per heavy atom. The van der Waals surface area contributed by atoms with E-state index < -0.39 is 0 Å². The van der Waals surface area contributed by atoms with Crippen molar-refractivity contribution in [1.82, 2.24) is 0 Å². The first kappa shape index (κ1) is 11.3. The zero-order chi connectivity index (χ0) is 10.7. The quantitative estimate of drug-likeness (QED) is 0.501. The van der Waals surface area contributed by atoms with Gasteiger partial charge in [0.2, 0.25) is 0 Å². The number of hydrogen-bond donors (Lipinski definition) is 0. The Balaban J connectivity index is 2.73. The molecule has 0 spiro atoms. The summed E-state index contributed by atoms with van der Waals surface area (Å²) < 4.78 is 4.73. The Morgan fingerprint density at radius 3 is 2.64 bits per heavy atom. The third-order valence-corrected chi connectivity index (χ3v) is 3.26. The molecule has 0 aliphatic heterocycles. The summed E-state index contributed by atoms with van der Waals surface area (Å²) in [4.78, 5) is 11.2. The molecule has 80 valence electrons. The van der Waals surface area contributed by atoms with Crippen LogP contribution in [-0.2, 0) is 9.53 Å². The van der Waals surface area contributed by atoms with Crippen LogP contribution < -0.4 is 0 Å². The monoisotopic (exact) mass is 196 g/mol. The maximum atomic E-state index is 11.2. The lowest BCUT2D eigenvalue weighted by Gasteiger charge is -2.16. The fourth-order valence-corrected chi connectivity index (χ4v) is 2.32. The topological polar surface area (TPSA) is 26.3 Å². The summed E-state index contributed by atoms with van der Waals surface area (Å²) in [5, 5.41) is 0. The van der Waals surface area contributed by atoms with E-state index in [0.717, 1.165) is 6.42 Å². The molecule has 0 bridgehead atoms. The smallest absolute Gasteiger partial charge is 0.306 e. The number of esters is 1. The van der Waals surface area contributed by atoms with Crippen LogP contribution in [0.2, 0.25) is 0 Å². The van der Waals surface area contributed by atoms with Crippen molar-refractivity contribution in [2.45, 2.75) is 40.0 Å². The van der Waals surface area contributed by atoms with E-state index in [1.165, 1.54) is 24.7 Å². The molecule has 0 aromatic heterocycles. The van der Waals surface area contributed by atoms with Gasteiger partial charge in [0, 0.05) is 0 Å². The van der Waals surface area contributed by atoms with E-state index in [2.05, 4.69) is 20.8 Å². The highest BCUT2D eigenvalue weighted by Gasteiger charge is 2.30. The normalized spacial score (nSPS) is 26.4. The fraction of sp³-hybridized carbons (Fsp3) is 0.750. The third-order valence-electron chi connectivity index (χ3n) is 3.26. The number of carbonyl (C=O) groups is 1. The number of hydrogen-bond acceptors (Lipinski definition) is 2. The van der Waals surface area contributed by atoms with Gasteiger partial charge in [0.1, 0.15) is 0 Å². The molecule has 1 aliphatic carbocycles. The van der Waals surface area contributed by atoms with E-state index in [1.807, 2.05) is 0 Å². The van der Waals surface area contributed by atoms with Gasteiger partial charge in [-0.2, -0.15) is 0 Å². The standard InChI is InChI=1S/C12H20O2/c1-8(2)10-6-5-9(3)11(10)7-12(13)14-4/h9,11H,5-7H2,1-4H3. The summed E-state index contributed by atoms with van der Waals surface area (Å²) >= 11 is 0. The number of allylic oxidation sites excluding steroid dienone is 2. The predicted molar refractivity (Wildman–Crippen MR) is 56.9 cm³/mol. The highest BCUT2D eigenvalue weighted by atomic mass is 16.5. The van der Waals surface area contributed by atoms with Gasteiger partial charge < -0.3 is 4.74 Å². The van der Waals surface area contributed by atoms with Crippen LogP contribution in [0.1, 0.15) is 40.0 Å². The molecular weight excluding hydrogens is 176 g/mol. The van der Waals surface area contributed by atoms with E-state index >= 15 is 0 Å². The summed E-state index contributed by atoms with van der Waals surface area (Å²) in [6.07, 6.45) is 2.92. The molecule has 1 saturated carbocycles. The molecule has 1 aliphatic rings. The van der Waals surface area contributed by atoms with Gasteiger partial charge in [0.05, 0.1) is 13.5 Å². The van der Waals surface area contributed by atoms with Crippen molar-refractivity contribution in [3.63, 3.8) is 0 Å². The first-order valence-electron chi connectivity index (χ1n) is 5.29. The SMILES string of the molecule is COC(=O)CC1C(=C(C)C)CCC1C. The second-order valence-electron chi connectivity index (χ2n) is 4.43. The Labute approximate surface area is 86.3 Å². The molecule has 0 N–H and O–H groups in total. The average Bonchev–Trinajstić information content (AvgIpc) is 2.48. The van der Waals surface area contributed by atoms with Crippen molar-refractivity contribution in [2.75, 3.05) is 7.11 Å². The van der Waals surface area contributed by atoms with Gasteiger partial charge >= 0.3 is 5.97 Å². The van der Waals surface area contributed by atoms with Crippen molar-refractivity contribution in [2.24, 2.45) is 11.8 Å².